The summed E-state index contributed by atoms with van der Waals surface area (Å²) in [7, 11) is 0. The second-order valence-corrected chi connectivity index (χ2v) is 3.93. The first-order valence-electron chi connectivity index (χ1n) is 5.29. The van der Waals surface area contributed by atoms with Crippen molar-refractivity contribution in [2.24, 2.45) is 0 Å². The van der Waals surface area contributed by atoms with Gasteiger partial charge < -0.3 is 9.84 Å². The fraction of sp³-hybridized carbons (Fsp3) is 0.778. The van der Waals surface area contributed by atoms with Crippen molar-refractivity contribution in [2.75, 3.05) is 6.61 Å². The lowest BCUT2D eigenvalue weighted by molar-refractivity contribution is -0.137. The normalized spacial score (nSPS) is 22.2. The molecule has 16 heavy (non-hydrogen) atoms. The van der Waals surface area contributed by atoms with Crippen LogP contribution in [-0.4, -0.2) is 37.9 Å². The lowest BCUT2D eigenvalue weighted by Gasteiger charge is -2.14. The van der Waals surface area contributed by atoms with Crippen molar-refractivity contribution in [3.63, 3.8) is 0 Å². The molecule has 1 aromatic rings. The first kappa shape index (κ1) is 11.0. The summed E-state index contributed by atoms with van der Waals surface area (Å²) in [6.07, 6.45) is 1.79. The van der Waals surface area contributed by atoms with E-state index in [0.717, 1.165) is 12.8 Å². The third kappa shape index (κ3) is 2.19. The molecule has 2 unspecified atom stereocenters. The Morgan fingerprint density at radius 3 is 3.19 bits per heavy atom. The molecule has 0 bridgehead atoms. The van der Waals surface area contributed by atoms with Crippen LogP contribution in [-0.2, 0) is 9.53 Å². The zero-order valence-corrected chi connectivity index (χ0v) is 9.04. The molecule has 2 heterocycles. The van der Waals surface area contributed by atoms with Crippen LogP contribution in [0, 0.1) is 0 Å². The van der Waals surface area contributed by atoms with Crippen molar-refractivity contribution in [3.8, 4) is 0 Å². The predicted molar refractivity (Wildman–Crippen MR) is 52.7 cm³/mol. The summed E-state index contributed by atoms with van der Waals surface area (Å²) >= 11 is 0. The highest BCUT2D eigenvalue weighted by Crippen LogP contribution is 2.28. The lowest BCUT2D eigenvalue weighted by atomic mass is 10.2. The predicted octanol–water partition coefficient (Wildman–Crippen LogP) is 0.560. The Morgan fingerprint density at radius 2 is 2.56 bits per heavy atom. The van der Waals surface area contributed by atoms with Crippen LogP contribution in [0.1, 0.15) is 44.2 Å². The summed E-state index contributed by atoms with van der Waals surface area (Å²) in [5, 5.41) is 20.0. The molecule has 1 aliphatic rings. The minimum atomic E-state index is -0.860. The Morgan fingerprint density at radius 1 is 1.75 bits per heavy atom. The Balaban J connectivity index is 2.14. The molecule has 2 rings (SSSR count). The minimum Gasteiger partial charge on any atom is -0.481 e. The molecular weight excluding hydrogens is 212 g/mol. The molecule has 1 N–H and O–H groups in total. The van der Waals surface area contributed by atoms with Crippen LogP contribution in [0.3, 0.4) is 0 Å². The Bertz CT molecular complexity index is 373. The summed E-state index contributed by atoms with van der Waals surface area (Å²) in [4.78, 5) is 10.6. The highest BCUT2D eigenvalue weighted by atomic mass is 16.5. The van der Waals surface area contributed by atoms with E-state index in [9.17, 15) is 4.79 Å². The summed E-state index contributed by atoms with van der Waals surface area (Å²) in [6.45, 7) is 2.49. The Labute approximate surface area is 92.4 Å². The maximum Gasteiger partial charge on any atom is 0.305 e. The monoisotopic (exact) mass is 226 g/mol. The van der Waals surface area contributed by atoms with Crippen LogP contribution in [0.2, 0.25) is 0 Å². The first-order chi connectivity index (χ1) is 7.68. The van der Waals surface area contributed by atoms with Gasteiger partial charge in [0.1, 0.15) is 6.10 Å². The van der Waals surface area contributed by atoms with E-state index in [1.807, 2.05) is 0 Å². The van der Waals surface area contributed by atoms with Crippen molar-refractivity contribution in [1.82, 2.24) is 20.2 Å². The van der Waals surface area contributed by atoms with Gasteiger partial charge in [-0.05, 0) is 30.2 Å². The van der Waals surface area contributed by atoms with Crippen molar-refractivity contribution >= 4 is 5.97 Å². The zero-order valence-electron chi connectivity index (χ0n) is 9.04. The smallest absolute Gasteiger partial charge is 0.305 e. The second kappa shape index (κ2) is 4.56. The number of nitrogens with zero attached hydrogens (tertiary/aromatic N) is 4. The number of carboxylic acids is 1. The van der Waals surface area contributed by atoms with Gasteiger partial charge in [0, 0.05) is 6.61 Å². The van der Waals surface area contributed by atoms with Crippen LogP contribution in [0.5, 0.6) is 0 Å². The van der Waals surface area contributed by atoms with E-state index in [1.165, 1.54) is 0 Å². The molecule has 7 nitrogen and oxygen atoms in total. The van der Waals surface area contributed by atoms with Gasteiger partial charge in [-0.1, -0.05) is 0 Å². The quantitative estimate of drug-likeness (QED) is 0.806. The summed E-state index contributed by atoms with van der Waals surface area (Å²) in [6, 6.07) is -0.258. The zero-order chi connectivity index (χ0) is 11.5. The van der Waals surface area contributed by atoms with Gasteiger partial charge in [0.15, 0.2) is 5.82 Å². The molecular formula is C9H14N4O3. The van der Waals surface area contributed by atoms with Gasteiger partial charge in [-0.15, -0.1) is 5.10 Å². The molecule has 88 valence electrons. The van der Waals surface area contributed by atoms with Gasteiger partial charge in [0.05, 0.1) is 12.5 Å². The van der Waals surface area contributed by atoms with E-state index >= 15 is 0 Å². The average Bonchev–Trinajstić information content (AvgIpc) is 2.87. The lowest BCUT2D eigenvalue weighted by Crippen LogP contribution is -2.17. The fourth-order valence-corrected chi connectivity index (χ4v) is 1.85. The third-order valence-corrected chi connectivity index (χ3v) is 2.62. The summed E-state index contributed by atoms with van der Waals surface area (Å²) in [5.74, 6) is -0.229. The van der Waals surface area contributed by atoms with Gasteiger partial charge in [-0.3, -0.25) is 4.79 Å². The number of carboxylic acid groups (broad SMARTS) is 1. The first-order valence-corrected chi connectivity index (χ1v) is 5.29. The van der Waals surface area contributed by atoms with Crippen molar-refractivity contribution in [2.45, 2.75) is 38.3 Å². The van der Waals surface area contributed by atoms with Crippen molar-refractivity contribution < 1.29 is 14.6 Å². The molecule has 0 aromatic carbocycles. The van der Waals surface area contributed by atoms with Crippen LogP contribution in [0.4, 0.5) is 0 Å². The summed E-state index contributed by atoms with van der Waals surface area (Å²) < 4.78 is 7.03. The molecule has 0 radical (unpaired) electrons. The molecule has 7 heteroatoms. The topological polar surface area (TPSA) is 90.1 Å². The number of hydrogen-bond acceptors (Lipinski definition) is 5. The van der Waals surface area contributed by atoms with E-state index < -0.39 is 5.97 Å². The van der Waals surface area contributed by atoms with Crippen LogP contribution < -0.4 is 0 Å². The molecule has 0 spiro atoms. The van der Waals surface area contributed by atoms with Gasteiger partial charge in [0.2, 0.25) is 0 Å². The van der Waals surface area contributed by atoms with Crippen molar-refractivity contribution in [3.05, 3.63) is 5.82 Å². The molecule has 1 saturated heterocycles. The van der Waals surface area contributed by atoms with E-state index in [0.29, 0.717) is 12.4 Å². The number of hydrogen-bond donors (Lipinski definition) is 1. The fourth-order valence-electron chi connectivity index (χ4n) is 1.85. The molecule has 0 saturated carbocycles. The molecule has 1 aliphatic heterocycles. The average molecular weight is 226 g/mol. The number of aliphatic carboxylic acids is 1. The van der Waals surface area contributed by atoms with E-state index in [4.69, 9.17) is 9.84 Å². The third-order valence-electron chi connectivity index (χ3n) is 2.62. The maximum atomic E-state index is 10.6. The van der Waals surface area contributed by atoms with Crippen LogP contribution in [0.15, 0.2) is 0 Å². The number of rotatable bonds is 4. The minimum absolute atomic E-state index is 0.00472. The van der Waals surface area contributed by atoms with Gasteiger partial charge >= 0.3 is 5.97 Å². The molecule has 2 atom stereocenters. The standard InChI is InChI=1S/C9H14N4O3/c1-6(5-8(14)15)13-9(10-11-12-13)7-3-2-4-16-7/h6-7H,2-5H2,1H3,(H,14,15). The van der Waals surface area contributed by atoms with E-state index in [-0.39, 0.29) is 18.6 Å². The molecule has 1 aromatic heterocycles. The Hall–Kier alpha value is -1.50. The highest BCUT2D eigenvalue weighted by molar-refractivity contribution is 5.67. The van der Waals surface area contributed by atoms with Crippen LogP contribution >= 0.6 is 0 Å². The van der Waals surface area contributed by atoms with Crippen LogP contribution in [0.25, 0.3) is 0 Å². The van der Waals surface area contributed by atoms with Crippen molar-refractivity contribution in [1.29, 1.82) is 0 Å². The Kier molecular flexibility index (Phi) is 3.14. The number of aromatic nitrogens is 4. The number of tetrazole rings is 1. The largest absolute Gasteiger partial charge is 0.481 e. The molecule has 0 amide bonds. The number of ether oxygens (including phenoxy) is 1. The highest BCUT2D eigenvalue weighted by Gasteiger charge is 2.26. The van der Waals surface area contributed by atoms with Gasteiger partial charge in [-0.25, -0.2) is 4.68 Å². The SMILES string of the molecule is CC(CC(=O)O)n1nnnc1C1CCCO1. The summed E-state index contributed by atoms with van der Waals surface area (Å²) in [5.41, 5.74) is 0. The second-order valence-electron chi connectivity index (χ2n) is 3.93. The molecule has 0 aliphatic carbocycles. The van der Waals surface area contributed by atoms with Gasteiger partial charge in [-0.2, -0.15) is 0 Å². The maximum absolute atomic E-state index is 10.6. The van der Waals surface area contributed by atoms with E-state index in [2.05, 4.69) is 15.5 Å². The van der Waals surface area contributed by atoms with Gasteiger partial charge in [0.25, 0.3) is 0 Å². The van der Waals surface area contributed by atoms with E-state index in [1.54, 1.807) is 11.6 Å². The number of carbonyl (C=O) groups is 1. The molecule has 1 fully saturated rings.